The number of esters is 2. The van der Waals surface area contributed by atoms with Gasteiger partial charge in [0, 0.05) is 6.20 Å². The molecule has 1 aromatic rings. The molecule has 0 spiro atoms. The van der Waals surface area contributed by atoms with Gasteiger partial charge in [0.05, 0.1) is 5.69 Å². The number of hydrogen-bond donors (Lipinski definition) is 0. The Hall–Kier alpha value is -1.91. The van der Waals surface area contributed by atoms with Crippen LogP contribution in [-0.4, -0.2) is 28.1 Å². The van der Waals surface area contributed by atoms with Gasteiger partial charge in [0.1, 0.15) is 11.2 Å². The molecule has 0 saturated heterocycles. The zero-order valence-corrected chi connectivity index (χ0v) is 14.4. The Morgan fingerprint density at radius 2 is 1.45 bits per heavy atom. The summed E-state index contributed by atoms with van der Waals surface area (Å²) in [5, 5.41) is 0. The summed E-state index contributed by atoms with van der Waals surface area (Å²) in [6.07, 6.45) is 1.55. The van der Waals surface area contributed by atoms with Crippen LogP contribution in [0.5, 0.6) is 0 Å². The quantitative estimate of drug-likeness (QED) is 0.634. The van der Waals surface area contributed by atoms with E-state index in [0.717, 1.165) is 5.56 Å². The van der Waals surface area contributed by atoms with Crippen LogP contribution < -0.4 is 0 Å². The Labute approximate surface area is 132 Å². The number of pyridine rings is 1. The molecule has 1 heterocycles. The fraction of sp³-hybridized carbons (Fsp3) is 0.588. The SMILES string of the molecule is Cc1cccnc1C(C(=O)OC(C)(C)C)C(=O)OC(C)(C)C. The van der Waals surface area contributed by atoms with Gasteiger partial charge in [-0.15, -0.1) is 0 Å². The maximum absolute atomic E-state index is 12.5. The molecule has 0 aliphatic heterocycles. The lowest BCUT2D eigenvalue weighted by molar-refractivity contribution is -0.169. The van der Waals surface area contributed by atoms with Crippen LogP contribution in [0.4, 0.5) is 0 Å². The fourth-order valence-electron chi connectivity index (χ4n) is 1.84. The highest BCUT2D eigenvalue weighted by Crippen LogP contribution is 2.25. The van der Waals surface area contributed by atoms with Crippen LogP contribution in [0.15, 0.2) is 18.3 Å². The van der Waals surface area contributed by atoms with Crippen molar-refractivity contribution < 1.29 is 19.1 Å². The summed E-state index contributed by atoms with van der Waals surface area (Å²) in [5.74, 6) is -2.48. The van der Waals surface area contributed by atoms with Crippen molar-refractivity contribution in [3.63, 3.8) is 0 Å². The van der Waals surface area contributed by atoms with Gasteiger partial charge in [0.2, 0.25) is 0 Å². The molecule has 22 heavy (non-hydrogen) atoms. The number of carbonyl (C=O) groups excluding carboxylic acids is 2. The summed E-state index contributed by atoms with van der Waals surface area (Å²) < 4.78 is 10.7. The van der Waals surface area contributed by atoms with E-state index in [4.69, 9.17) is 9.47 Å². The average molecular weight is 307 g/mol. The van der Waals surface area contributed by atoms with Crippen molar-refractivity contribution in [3.05, 3.63) is 29.6 Å². The molecule has 0 unspecified atom stereocenters. The average Bonchev–Trinajstić information content (AvgIpc) is 2.27. The predicted molar refractivity (Wildman–Crippen MR) is 83.4 cm³/mol. The van der Waals surface area contributed by atoms with Gasteiger partial charge in [-0.3, -0.25) is 14.6 Å². The number of hydrogen-bond acceptors (Lipinski definition) is 5. The Bertz CT molecular complexity index is 525. The topological polar surface area (TPSA) is 65.5 Å². The largest absolute Gasteiger partial charge is 0.459 e. The number of aromatic nitrogens is 1. The maximum atomic E-state index is 12.5. The maximum Gasteiger partial charge on any atom is 0.327 e. The zero-order valence-electron chi connectivity index (χ0n) is 14.4. The van der Waals surface area contributed by atoms with E-state index in [0.29, 0.717) is 5.69 Å². The van der Waals surface area contributed by atoms with E-state index in [-0.39, 0.29) is 0 Å². The molecule has 0 N–H and O–H groups in total. The van der Waals surface area contributed by atoms with Crippen LogP contribution in [0.3, 0.4) is 0 Å². The third kappa shape index (κ3) is 5.47. The lowest BCUT2D eigenvalue weighted by Gasteiger charge is -2.26. The van der Waals surface area contributed by atoms with Crippen molar-refractivity contribution in [2.75, 3.05) is 0 Å². The molecule has 0 amide bonds. The number of carbonyl (C=O) groups is 2. The first-order valence-corrected chi connectivity index (χ1v) is 7.28. The van der Waals surface area contributed by atoms with Gasteiger partial charge < -0.3 is 9.47 Å². The second-order valence-corrected chi connectivity index (χ2v) is 7.21. The molecule has 0 radical (unpaired) electrons. The van der Waals surface area contributed by atoms with Crippen molar-refractivity contribution >= 4 is 11.9 Å². The summed E-state index contributed by atoms with van der Waals surface area (Å²) in [5.41, 5.74) is -0.282. The monoisotopic (exact) mass is 307 g/mol. The molecular weight excluding hydrogens is 282 g/mol. The van der Waals surface area contributed by atoms with Gasteiger partial charge in [-0.1, -0.05) is 6.07 Å². The minimum Gasteiger partial charge on any atom is -0.459 e. The van der Waals surface area contributed by atoms with Crippen molar-refractivity contribution in [3.8, 4) is 0 Å². The summed E-state index contributed by atoms with van der Waals surface area (Å²) in [4.78, 5) is 29.1. The Morgan fingerprint density at radius 1 is 1.00 bits per heavy atom. The highest BCUT2D eigenvalue weighted by atomic mass is 16.6. The van der Waals surface area contributed by atoms with Crippen molar-refractivity contribution in [2.45, 2.75) is 65.6 Å². The summed E-state index contributed by atoms with van der Waals surface area (Å²) in [6, 6.07) is 3.55. The van der Waals surface area contributed by atoms with E-state index < -0.39 is 29.1 Å². The highest BCUT2D eigenvalue weighted by molar-refractivity contribution is 6.01. The van der Waals surface area contributed by atoms with E-state index in [1.807, 2.05) is 0 Å². The standard InChI is InChI=1S/C17H25NO4/c1-11-9-8-10-18-13(11)12(14(19)21-16(2,3)4)15(20)22-17(5,6)7/h8-10,12H,1-7H3. The number of aryl methyl sites for hydroxylation is 1. The van der Waals surface area contributed by atoms with E-state index in [9.17, 15) is 9.59 Å². The van der Waals surface area contributed by atoms with Gasteiger partial charge in [-0.25, -0.2) is 0 Å². The zero-order chi connectivity index (χ0) is 17.1. The molecule has 122 valence electrons. The minimum absolute atomic E-state index is 0.367. The van der Waals surface area contributed by atoms with Crippen molar-refractivity contribution in [2.24, 2.45) is 0 Å². The van der Waals surface area contributed by atoms with Crippen LogP contribution in [0.25, 0.3) is 0 Å². The fourth-order valence-corrected chi connectivity index (χ4v) is 1.84. The van der Waals surface area contributed by atoms with Crippen LogP contribution >= 0.6 is 0 Å². The van der Waals surface area contributed by atoms with Crippen LogP contribution in [0, 0.1) is 6.92 Å². The Balaban J connectivity index is 3.19. The number of ether oxygens (including phenoxy) is 2. The molecule has 0 bridgehead atoms. The molecule has 1 aromatic heterocycles. The van der Waals surface area contributed by atoms with Gasteiger partial charge >= 0.3 is 11.9 Å². The summed E-state index contributed by atoms with van der Waals surface area (Å²) >= 11 is 0. The highest BCUT2D eigenvalue weighted by Gasteiger charge is 2.38. The smallest absolute Gasteiger partial charge is 0.327 e. The van der Waals surface area contributed by atoms with E-state index >= 15 is 0 Å². The third-order valence-electron chi connectivity index (χ3n) is 2.61. The van der Waals surface area contributed by atoms with Gasteiger partial charge in [-0.05, 0) is 60.1 Å². The van der Waals surface area contributed by atoms with Gasteiger partial charge in [0.25, 0.3) is 0 Å². The molecule has 5 nitrogen and oxygen atoms in total. The summed E-state index contributed by atoms with van der Waals surface area (Å²) in [6.45, 7) is 12.3. The molecule has 0 aliphatic carbocycles. The molecule has 1 rings (SSSR count). The molecule has 0 atom stereocenters. The molecule has 0 aromatic carbocycles. The van der Waals surface area contributed by atoms with Crippen LogP contribution in [0.2, 0.25) is 0 Å². The molecule has 5 heteroatoms. The van der Waals surface area contributed by atoms with Gasteiger partial charge in [0.15, 0.2) is 5.92 Å². The lowest BCUT2D eigenvalue weighted by atomic mass is 10.00. The van der Waals surface area contributed by atoms with Crippen molar-refractivity contribution in [1.82, 2.24) is 4.98 Å². The first-order valence-electron chi connectivity index (χ1n) is 7.28. The Kier molecular flexibility index (Phi) is 5.33. The predicted octanol–water partition coefficient (Wildman–Crippen LogP) is 3.16. The normalized spacial score (nSPS) is 12.2. The molecular formula is C17H25NO4. The second kappa shape index (κ2) is 6.46. The number of nitrogens with zero attached hydrogens (tertiary/aromatic N) is 1. The third-order valence-corrected chi connectivity index (χ3v) is 2.61. The van der Waals surface area contributed by atoms with E-state index in [1.54, 1.807) is 66.8 Å². The second-order valence-electron chi connectivity index (χ2n) is 7.21. The first kappa shape index (κ1) is 18.1. The first-order chi connectivity index (χ1) is 9.91. The van der Waals surface area contributed by atoms with E-state index in [2.05, 4.69) is 4.98 Å². The van der Waals surface area contributed by atoms with Crippen LogP contribution in [0.1, 0.15) is 58.7 Å². The van der Waals surface area contributed by atoms with E-state index in [1.165, 1.54) is 0 Å². The molecule has 0 aliphatic rings. The molecule has 0 saturated carbocycles. The van der Waals surface area contributed by atoms with Crippen LogP contribution in [-0.2, 0) is 19.1 Å². The van der Waals surface area contributed by atoms with Gasteiger partial charge in [-0.2, -0.15) is 0 Å². The van der Waals surface area contributed by atoms with Crippen molar-refractivity contribution in [1.29, 1.82) is 0 Å². The molecule has 0 fully saturated rings. The lowest BCUT2D eigenvalue weighted by Crippen LogP contribution is -2.36. The minimum atomic E-state index is -1.18. The Morgan fingerprint density at radius 3 is 1.82 bits per heavy atom. The number of rotatable bonds is 3. The summed E-state index contributed by atoms with van der Waals surface area (Å²) in [7, 11) is 0.